The summed E-state index contributed by atoms with van der Waals surface area (Å²) in [6.07, 6.45) is 1.86. The van der Waals surface area contributed by atoms with Crippen molar-refractivity contribution >= 4 is 33.0 Å². The number of carbonyl (C=O) groups excluding carboxylic acids is 2. The van der Waals surface area contributed by atoms with Gasteiger partial charge in [0, 0.05) is 36.3 Å². The highest BCUT2D eigenvalue weighted by molar-refractivity contribution is 7.90. The molecule has 0 aliphatic heterocycles. The molecule has 1 aromatic carbocycles. The number of H-pyrrole nitrogens is 1. The highest BCUT2D eigenvalue weighted by atomic mass is 35.5. The maximum absolute atomic E-state index is 12.9. The largest absolute Gasteiger partial charge is 0.511 e. The van der Waals surface area contributed by atoms with Crippen LogP contribution >= 0.6 is 11.6 Å². The van der Waals surface area contributed by atoms with E-state index in [2.05, 4.69) is 10.2 Å². The SMILES string of the molecule is Cc1cc(OCc2c(S(C)(=O)=O)ccc(C(=O)C3=C(O)CCCC3=O)c2Cl)[nH]n1. The van der Waals surface area contributed by atoms with Crippen LogP contribution in [0.15, 0.2) is 34.4 Å². The van der Waals surface area contributed by atoms with Crippen LogP contribution in [-0.2, 0) is 21.2 Å². The lowest BCUT2D eigenvalue weighted by atomic mass is 9.90. The molecule has 0 radical (unpaired) electrons. The monoisotopic (exact) mass is 438 g/mol. The predicted octanol–water partition coefficient (Wildman–Crippen LogP) is 3.10. The second kappa shape index (κ2) is 8.00. The lowest BCUT2D eigenvalue weighted by Gasteiger charge is -2.17. The number of aliphatic hydroxyl groups is 1. The number of aromatic nitrogens is 2. The quantitative estimate of drug-likeness (QED) is 0.524. The maximum Gasteiger partial charge on any atom is 0.209 e. The maximum atomic E-state index is 12.9. The summed E-state index contributed by atoms with van der Waals surface area (Å²) >= 11 is 6.39. The molecular weight excluding hydrogens is 420 g/mol. The molecular formula is C19H19ClN2O6S. The van der Waals surface area contributed by atoms with Crippen LogP contribution in [-0.4, -0.2) is 41.5 Å². The summed E-state index contributed by atoms with van der Waals surface area (Å²) in [5.41, 5.74) is 0.378. The van der Waals surface area contributed by atoms with E-state index >= 15 is 0 Å². The minimum atomic E-state index is -3.67. The van der Waals surface area contributed by atoms with Gasteiger partial charge < -0.3 is 9.84 Å². The van der Waals surface area contributed by atoms with Gasteiger partial charge in [-0.3, -0.25) is 9.59 Å². The van der Waals surface area contributed by atoms with E-state index in [1.54, 1.807) is 13.0 Å². The molecule has 1 aliphatic carbocycles. The van der Waals surface area contributed by atoms with Crippen LogP contribution in [0.2, 0.25) is 5.02 Å². The molecule has 0 spiro atoms. The third-order valence-corrected chi connectivity index (χ3v) is 6.12. The topological polar surface area (TPSA) is 126 Å². The van der Waals surface area contributed by atoms with Gasteiger partial charge in [-0.05, 0) is 25.5 Å². The Morgan fingerprint density at radius 1 is 1.34 bits per heavy atom. The van der Waals surface area contributed by atoms with Crippen molar-refractivity contribution in [2.75, 3.05) is 6.26 Å². The zero-order valence-electron chi connectivity index (χ0n) is 15.8. The van der Waals surface area contributed by atoms with Crippen LogP contribution in [0.3, 0.4) is 0 Å². The number of carbonyl (C=O) groups is 2. The number of benzene rings is 1. The second-order valence-electron chi connectivity index (χ2n) is 6.77. The first-order valence-electron chi connectivity index (χ1n) is 8.76. The van der Waals surface area contributed by atoms with E-state index in [0.717, 1.165) is 6.26 Å². The van der Waals surface area contributed by atoms with Crippen LogP contribution < -0.4 is 4.74 Å². The number of hydrogen-bond acceptors (Lipinski definition) is 7. The summed E-state index contributed by atoms with van der Waals surface area (Å²) in [6, 6.07) is 4.11. The average molecular weight is 439 g/mol. The molecule has 3 rings (SSSR count). The van der Waals surface area contributed by atoms with Gasteiger partial charge in [0.1, 0.15) is 17.9 Å². The normalized spacial score (nSPS) is 14.9. The fourth-order valence-corrected chi connectivity index (χ4v) is 4.39. The molecule has 154 valence electrons. The molecule has 0 bridgehead atoms. The molecule has 1 aromatic heterocycles. The third kappa shape index (κ3) is 4.35. The highest BCUT2D eigenvalue weighted by Crippen LogP contribution is 2.32. The number of allylic oxidation sites excluding steroid dienone is 2. The third-order valence-electron chi connectivity index (χ3n) is 4.51. The van der Waals surface area contributed by atoms with Gasteiger partial charge in [0.2, 0.25) is 11.7 Å². The van der Waals surface area contributed by atoms with Crippen molar-refractivity contribution in [1.82, 2.24) is 10.2 Å². The number of sulfone groups is 1. The first-order valence-corrected chi connectivity index (χ1v) is 11.0. The molecule has 0 saturated carbocycles. The standard InChI is InChI=1S/C19H19ClN2O6S/c1-10-8-16(22-21-10)28-9-12-15(29(2,26)27)7-6-11(18(12)20)19(25)17-13(23)4-3-5-14(17)24/h6-8,23H,3-5,9H2,1-2H3,(H,21,22). The number of nitrogens with one attached hydrogen (secondary N) is 1. The molecule has 0 amide bonds. The summed E-state index contributed by atoms with van der Waals surface area (Å²) in [4.78, 5) is 25.0. The molecule has 0 unspecified atom stereocenters. The number of halogens is 1. The highest BCUT2D eigenvalue weighted by Gasteiger charge is 2.30. The Kier molecular flexibility index (Phi) is 5.81. The van der Waals surface area contributed by atoms with E-state index in [9.17, 15) is 23.1 Å². The number of hydrogen-bond donors (Lipinski definition) is 2. The van der Waals surface area contributed by atoms with Crippen molar-refractivity contribution in [3.8, 4) is 5.88 Å². The van der Waals surface area contributed by atoms with E-state index in [1.807, 2.05) is 0 Å². The number of aliphatic hydroxyl groups excluding tert-OH is 1. The number of nitrogens with zero attached hydrogens (tertiary/aromatic N) is 1. The summed E-state index contributed by atoms with van der Waals surface area (Å²) in [7, 11) is -3.67. The zero-order valence-corrected chi connectivity index (χ0v) is 17.4. The smallest absolute Gasteiger partial charge is 0.209 e. The number of Topliss-reactive ketones (excluding diaryl/α,β-unsaturated/α-hetero) is 2. The van der Waals surface area contributed by atoms with Gasteiger partial charge in [-0.1, -0.05) is 11.6 Å². The average Bonchev–Trinajstić information content (AvgIpc) is 3.04. The van der Waals surface area contributed by atoms with E-state index in [4.69, 9.17) is 16.3 Å². The fourth-order valence-electron chi connectivity index (χ4n) is 3.10. The molecule has 0 fully saturated rings. The second-order valence-corrected chi connectivity index (χ2v) is 9.13. The van der Waals surface area contributed by atoms with E-state index in [1.165, 1.54) is 12.1 Å². The van der Waals surface area contributed by atoms with Crippen molar-refractivity contribution in [1.29, 1.82) is 0 Å². The van der Waals surface area contributed by atoms with Crippen molar-refractivity contribution in [2.24, 2.45) is 0 Å². The van der Waals surface area contributed by atoms with Crippen molar-refractivity contribution in [3.63, 3.8) is 0 Å². The minimum absolute atomic E-state index is 0.0738. The number of aromatic amines is 1. The van der Waals surface area contributed by atoms with Gasteiger partial charge in [0.25, 0.3) is 0 Å². The molecule has 0 atom stereocenters. The summed E-state index contributed by atoms with van der Waals surface area (Å²) in [5.74, 6) is -1.18. The Morgan fingerprint density at radius 3 is 2.66 bits per heavy atom. The fraction of sp³-hybridized carbons (Fsp3) is 0.316. The van der Waals surface area contributed by atoms with Gasteiger partial charge in [0.05, 0.1) is 15.6 Å². The Morgan fingerprint density at radius 2 is 2.07 bits per heavy atom. The molecule has 8 nitrogen and oxygen atoms in total. The number of ketones is 2. The lowest BCUT2D eigenvalue weighted by Crippen LogP contribution is -2.20. The minimum Gasteiger partial charge on any atom is -0.511 e. The first kappa shape index (κ1) is 21.1. The predicted molar refractivity (Wildman–Crippen MR) is 105 cm³/mol. The van der Waals surface area contributed by atoms with E-state index in [-0.39, 0.29) is 51.8 Å². The number of aryl methyl sites for hydroxylation is 1. The Balaban J connectivity index is 2.06. The van der Waals surface area contributed by atoms with Crippen LogP contribution in [0.25, 0.3) is 0 Å². The summed E-state index contributed by atoms with van der Waals surface area (Å²) < 4.78 is 29.9. The molecule has 29 heavy (non-hydrogen) atoms. The van der Waals surface area contributed by atoms with Gasteiger partial charge in [-0.2, -0.15) is 5.10 Å². The Hall–Kier alpha value is -2.65. The van der Waals surface area contributed by atoms with Gasteiger partial charge in [0.15, 0.2) is 15.6 Å². The molecule has 2 aromatic rings. The van der Waals surface area contributed by atoms with Crippen molar-refractivity contribution in [3.05, 3.63) is 51.4 Å². The van der Waals surface area contributed by atoms with E-state index < -0.39 is 21.4 Å². The molecule has 0 saturated heterocycles. The first-order chi connectivity index (χ1) is 13.6. The lowest BCUT2D eigenvalue weighted by molar-refractivity contribution is -0.116. The summed E-state index contributed by atoms with van der Waals surface area (Å²) in [6.45, 7) is 1.50. The Labute approximate surface area is 172 Å². The van der Waals surface area contributed by atoms with Crippen LogP contribution in [0, 0.1) is 6.92 Å². The van der Waals surface area contributed by atoms with Crippen molar-refractivity contribution < 1.29 is 27.9 Å². The zero-order chi connectivity index (χ0) is 21.3. The van der Waals surface area contributed by atoms with Crippen LogP contribution in [0.1, 0.15) is 40.9 Å². The molecule has 1 heterocycles. The summed E-state index contributed by atoms with van der Waals surface area (Å²) in [5, 5.41) is 16.4. The molecule has 2 N–H and O–H groups in total. The van der Waals surface area contributed by atoms with E-state index in [0.29, 0.717) is 18.0 Å². The van der Waals surface area contributed by atoms with Gasteiger partial charge >= 0.3 is 0 Å². The van der Waals surface area contributed by atoms with Gasteiger partial charge in [-0.25, -0.2) is 13.5 Å². The van der Waals surface area contributed by atoms with Gasteiger partial charge in [-0.15, -0.1) is 0 Å². The van der Waals surface area contributed by atoms with Crippen LogP contribution in [0.5, 0.6) is 5.88 Å². The Bertz CT molecular complexity index is 1130. The number of ether oxygens (including phenoxy) is 1. The van der Waals surface area contributed by atoms with Crippen molar-refractivity contribution in [2.45, 2.75) is 37.7 Å². The molecule has 1 aliphatic rings. The van der Waals surface area contributed by atoms with Crippen LogP contribution in [0.4, 0.5) is 0 Å². The number of rotatable bonds is 6. The molecule has 10 heteroatoms.